The van der Waals surface area contributed by atoms with E-state index in [9.17, 15) is 0 Å². The molecule has 0 aromatic carbocycles. The maximum Gasteiger partial charge on any atom is 0.106 e. The summed E-state index contributed by atoms with van der Waals surface area (Å²) in [6, 6.07) is 0.0359. The molecule has 1 aromatic rings. The summed E-state index contributed by atoms with van der Waals surface area (Å²) >= 11 is 0. The fraction of sp³-hybridized carbons (Fsp3) is 0.750. The van der Waals surface area contributed by atoms with Crippen molar-refractivity contribution in [1.82, 2.24) is 0 Å². The van der Waals surface area contributed by atoms with Crippen molar-refractivity contribution in [3.63, 3.8) is 0 Å². The second kappa shape index (κ2) is 5.17. The Labute approximate surface area is 120 Å². The number of ether oxygens (including phenoxy) is 2. The van der Waals surface area contributed by atoms with E-state index in [-0.39, 0.29) is 11.6 Å². The van der Waals surface area contributed by atoms with E-state index in [1.54, 1.807) is 0 Å². The van der Waals surface area contributed by atoms with Crippen LogP contribution in [0, 0.1) is 26.7 Å². The number of furan rings is 1. The van der Waals surface area contributed by atoms with Gasteiger partial charge in [0.2, 0.25) is 0 Å². The van der Waals surface area contributed by atoms with Gasteiger partial charge in [0.1, 0.15) is 11.5 Å². The SMILES string of the molecule is Cc1oc(C)c(C(N)C2CCOC3(CCOC3)C2)c1C. The monoisotopic (exact) mass is 279 g/mol. The maximum atomic E-state index is 6.58. The third-order valence-corrected chi connectivity index (χ3v) is 5.06. The van der Waals surface area contributed by atoms with Crippen LogP contribution in [0.4, 0.5) is 0 Å². The smallest absolute Gasteiger partial charge is 0.106 e. The lowest BCUT2D eigenvalue weighted by Gasteiger charge is -2.39. The topological polar surface area (TPSA) is 57.6 Å². The molecule has 0 aliphatic carbocycles. The molecule has 0 amide bonds. The van der Waals surface area contributed by atoms with Gasteiger partial charge in [-0.05, 0) is 45.1 Å². The minimum Gasteiger partial charge on any atom is -0.466 e. The van der Waals surface area contributed by atoms with Crippen LogP contribution in [-0.2, 0) is 9.47 Å². The molecule has 2 N–H and O–H groups in total. The Morgan fingerprint density at radius 2 is 2.00 bits per heavy atom. The highest BCUT2D eigenvalue weighted by atomic mass is 16.6. The van der Waals surface area contributed by atoms with E-state index in [1.165, 1.54) is 11.1 Å². The van der Waals surface area contributed by atoms with Crippen LogP contribution in [-0.4, -0.2) is 25.4 Å². The van der Waals surface area contributed by atoms with E-state index in [4.69, 9.17) is 19.6 Å². The molecule has 20 heavy (non-hydrogen) atoms. The summed E-state index contributed by atoms with van der Waals surface area (Å²) in [5.41, 5.74) is 8.90. The summed E-state index contributed by atoms with van der Waals surface area (Å²) in [6.07, 6.45) is 3.02. The minimum atomic E-state index is -0.0822. The van der Waals surface area contributed by atoms with E-state index in [1.807, 2.05) is 13.8 Å². The molecule has 0 saturated carbocycles. The zero-order valence-corrected chi connectivity index (χ0v) is 12.7. The largest absolute Gasteiger partial charge is 0.466 e. The summed E-state index contributed by atoms with van der Waals surface area (Å²) in [4.78, 5) is 0. The van der Waals surface area contributed by atoms with Crippen molar-refractivity contribution < 1.29 is 13.9 Å². The lowest BCUT2D eigenvalue weighted by Crippen LogP contribution is -2.43. The Morgan fingerprint density at radius 1 is 1.20 bits per heavy atom. The second-order valence-electron chi connectivity index (χ2n) is 6.37. The summed E-state index contributed by atoms with van der Waals surface area (Å²) in [5, 5.41) is 0. The van der Waals surface area contributed by atoms with Crippen molar-refractivity contribution in [2.75, 3.05) is 19.8 Å². The molecule has 3 atom stereocenters. The summed E-state index contributed by atoms with van der Waals surface area (Å²) in [7, 11) is 0. The van der Waals surface area contributed by atoms with Gasteiger partial charge in [-0.3, -0.25) is 0 Å². The predicted molar refractivity (Wildman–Crippen MR) is 76.7 cm³/mol. The third kappa shape index (κ3) is 2.30. The zero-order valence-electron chi connectivity index (χ0n) is 12.7. The van der Waals surface area contributed by atoms with Crippen LogP contribution in [0.3, 0.4) is 0 Å². The first-order valence-electron chi connectivity index (χ1n) is 7.56. The molecular formula is C16H25NO3. The summed E-state index contributed by atoms with van der Waals surface area (Å²) in [5.74, 6) is 2.40. The van der Waals surface area contributed by atoms with Crippen LogP contribution >= 0.6 is 0 Å². The van der Waals surface area contributed by atoms with Crippen LogP contribution in [0.5, 0.6) is 0 Å². The minimum absolute atomic E-state index is 0.0359. The molecular weight excluding hydrogens is 254 g/mol. The van der Waals surface area contributed by atoms with Crippen LogP contribution in [0.1, 0.15) is 48.0 Å². The molecule has 0 bridgehead atoms. The molecule has 3 rings (SSSR count). The van der Waals surface area contributed by atoms with Crippen molar-refractivity contribution in [2.24, 2.45) is 11.7 Å². The van der Waals surface area contributed by atoms with Gasteiger partial charge in [-0.25, -0.2) is 0 Å². The molecule has 3 heterocycles. The van der Waals surface area contributed by atoms with Crippen molar-refractivity contribution in [1.29, 1.82) is 0 Å². The first kappa shape index (κ1) is 14.1. The summed E-state index contributed by atoms with van der Waals surface area (Å²) in [6.45, 7) is 8.45. The second-order valence-corrected chi connectivity index (χ2v) is 6.37. The highest BCUT2D eigenvalue weighted by Crippen LogP contribution is 2.41. The van der Waals surface area contributed by atoms with E-state index in [0.717, 1.165) is 50.6 Å². The number of hydrogen-bond acceptors (Lipinski definition) is 4. The number of nitrogens with two attached hydrogens (primary N) is 1. The quantitative estimate of drug-likeness (QED) is 0.904. The Hall–Kier alpha value is -0.840. The van der Waals surface area contributed by atoms with Crippen molar-refractivity contribution in [3.05, 3.63) is 22.6 Å². The van der Waals surface area contributed by atoms with Gasteiger partial charge in [0.05, 0.1) is 12.2 Å². The Balaban J connectivity index is 1.81. The fourth-order valence-corrected chi connectivity index (χ4v) is 3.77. The third-order valence-electron chi connectivity index (χ3n) is 5.06. The lowest BCUT2D eigenvalue weighted by molar-refractivity contribution is -0.101. The molecule has 112 valence electrons. The molecule has 2 fully saturated rings. The normalized spacial score (nSPS) is 31.9. The first-order chi connectivity index (χ1) is 9.52. The molecule has 3 unspecified atom stereocenters. The van der Waals surface area contributed by atoms with Gasteiger partial charge in [0.15, 0.2) is 0 Å². The highest BCUT2D eigenvalue weighted by Gasteiger charge is 2.43. The van der Waals surface area contributed by atoms with E-state index in [0.29, 0.717) is 5.92 Å². The molecule has 4 nitrogen and oxygen atoms in total. The van der Waals surface area contributed by atoms with Crippen LogP contribution in [0.15, 0.2) is 4.42 Å². The molecule has 2 aliphatic heterocycles. The van der Waals surface area contributed by atoms with E-state index in [2.05, 4.69) is 6.92 Å². The van der Waals surface area contributed by atoms with Gasteiger partial charge in [-0.1, -0.05) is 0 Å². The van der Waals surface area contributed by atoms with E-state index >= 15 is 0 Å². The standard InChI is InChI=1S/C16H25NO3/c1-10-11(2)20-12(3)14(10)15(17)13-4-6-19-16(8-13)5-7-18-9-16/h13,15H,4-9,17H2,1-3H3. The first-order valence-corrected chi connectivity index (χ1v) is 7.56. The van der Waals surface area contributed by atoms with Gasteiger partial charge in [-0.15, -0.1) is 0 Å². The predicted octanol–water partition coefficient (Wildman–Crippen LogP) is 2.79. The van der Waals surface area contributed by atoms with Crippen LogP contribution < -0.4 is 5.73 Å². The highest BCUT2D eigenvalue weighted by molar-refractivity contribution is 5.34. The van der Waals surface area contributed by atoms with Gasteiger partial charge in [0.25, 0.3) is 0 Å². The lowest BCUT2D eigenvalue weighted by atomic mass is 9.78. The zero-order chi connectivity index (χ0) is 14.3. The molecule has 1 spiro atoms. The number of rotatable bonds is 2. The average molecular weight is 279 g/mol. The molecule has 1 aromatic heterocycles. The van der Waals surface area contributed by atoms with E-state index < -0.39 is 0 Å². The van der Waals surface area contributed by atoms with Gasteiger partial charge < -0.3 is 19.6 Å². The Kier molecular flexibility index (Phi) is 3.65. The summed E-state index contributed by atoms with van der Waals surface area (Å²) < 4.78 is 17.3. The van der Waals surface area contributed by atoms with Crippen molar-refractivity contribution >= 4 is 0 Å². The fourth-order valence-electron chi connectivity index (χ4n) is 3.77. The number of aryl methyl sites for hydroxylation is 2. The number of hydrogen-bond donors (Lipinski definition) is 1. The van der Waals surface area contributed by atoms with Crippen LogP contribution in [0.2, 0.25) is 0 Å². The average Bonchev–Trinajstić information content (AvgIpc) is 2.95. The molecule has 2 aliphatic rings. The van der Waals surface area contributed by atoms with Crippen molar-refractivity contribution in [2.45, 2.75) is 51.7 Å². The Bertz CT molecular complexity index is 488. The van der Waals surface area contributed by atoms with Gasteiger partial charge >= 0.3 is 0 Å². The van der Waals surface area contributed by atoms with Crippen LogP contribution in [0.25, 0.3) is 0 Å². The van der Waals surface area contributed by atoms with Gasteiger partial charge in [0, 0.05) is 31.2 Å². The molecule has 0 radical (unpaired) electrons. The van der Waals surface area contributed by atoms with Gasteiger partial charge in [-0.2, -0.15) is 0 Å². The maximum absolute atomic E-state index is 6.58. The van der Waals surface area contributed by atoms with Crippen molar-refractivity contribution in [3.8, 4) is 0 Å². The molecule has 4 heteroatoms. The Morgan fingerprint density at radius 3 is 2.60 bits per heavy atom. The molecule has 2 saturated heterocycles.